The maximum absolute atomic E-state index is 4.02. The maximum atomic E-state index is 4.02. The van der Waals surface area contributed by atoms with Gasteiger partial charge in [0.1, 0.15) is 0 Å². The van der Waals surface area contributed by atoms with Gasteiger partial charge in [-0.1, -0.05) is 96.7 Å². The highest BCUT2D eigenvalue weighted by Gasteiger charge is 2.28. The fourth-order valence-electron chi connectivity index (χ4n) is 3.36. The third-order valence-corrected chi connectivity index (χ3v) is 7.92. The van der Waals surface area contributed by atoms with E-state index in [1.54, 1.807) is 5.20 Å². The first kappa shape index (κ1) is 18.2. The van der Waals surface area contributed by atoms with Crippen LogP contribution in [0.25, 0.3) is 5.57 Å². The molecule has 0 spiro atoms. The summed E-state index contributed by atoms with van der Waals surface area (Å²) in [6.07, 6.45) is 5.96. The van der Waals surface area contributed by atoms with E-state index in [4.69, 9.17) is 0 Å². The molecule has 0 saturated carbocycles. The zero-order valence-electron chi connectivity index (χ0n) is 15.0. The Morgan fingerprint density at radius 3 is 1.92 bits per heavy atom. The van der Waals surface area contributed by atoms with Crippen LogP contribution in [-0.4, -0.2) is 8.07 Å². The molecule has 0 fully saturated rings. The second-order valence-corrected chi connectivity index (χ2v) is 11.6. The van der Waals surface area contributed by atoms with E-state index in [0.717, 1.165) is 18.9 Å². The summed E-state index contributed by atoms with van der Waals surface area (Å²) in [6.45, 7) is 13.0. The van der Waals surface area contributed by atoms with Crippen molar-refractivity contribution in [2.24, 2.45) is 0 Å². The predicted molar refractivity (Wildman–Crippen MR) is 111 cm³/mol. The van der Waals surface area contributed by atoms with Gasteiger partial charge in [-0.25, -0.2) is 0 Å². The van der Waals surface area contributed by atoms with Crippen LogP contribution in [0.2, 0.25) is 13.1 Å². The first-order chi connectivity index (χ1) is 11.6. The number of allylic oxidation sites excluding steroid dienone is 4. The lowest BCUT2D eigenvalue weighted by Crippen LogP contribution is -2.33. The van der Waals surface area contributed by atoms with Crippen LogP contribution in [0, 0.1) is 0 Å². The highest BCUT2D eigenvalue weighted by atomic mass is 28.3. The molecule has 2 aromatic rings. The van der Waals surface area contributed by atoms with Gasteiger partial charge < -0.3 is 0 Å². The summed E-state index contributed by atoms with van der Waals surface area (Å²) in [4.78, 5) is 0. The maximum Gasteiger partial charge on any atom is 0.0805 e. The van der Waals surface area contributed by atoms with Gasteiger partial charge in [0.25, 0.3) is 0 Å². The van der Waals surface area contributed by atoms with Gasteiger partial charge in [-0.2, -0.15) is 0 Å². The Labute approximate surface area is 148 Å². The summed E-state index contributed by atoms with van der Waals surface area (Å²) in [5.74, 6) is 0. The van der Waals surface area contributed by atoms with E-state index in [1.807, 2.05) is 6.08 Å². The van der Waals surface area contributed by atoms with Crippen molar-refractivity contribution in [3.63, 3.8) is 0 Å². The molecule has 0 nitrogen and oxygen atoms in total. The minimum atomic E-state index is -1.62. The second-order valence-electron chi connectivity index (χ2n) is 6.85. The van der Waals surface area contributed by atoms with E-state index >= 15 is 0 Å². The first-order valence-electron chi connectivity index (χ1n) is 8.62. The van der Waals surface area contributed by atoms with Crippen LogP contribution in [-0.2, 0) is 6.04 Å². The molecule has 0 aliphatic carbocycles. The smallest absolute Gasteiger partial charge is 0.0805 e. The zero-order valence-corrected chi connectivity index (χ0v) is 16.0. The summed E-state index contributed by atoms with van der Waals surface area (Å²) in [5.41, 5.74) is 4.20. The summed E-state index contributed by atoms with van der Waals surface area (Å²) >= 11 is 0. The minimum Gasteiger partial charge on any atom is -0.103 e. The van der Waals surface area contributed by atoms with Crippen molar-refractivity contribution in [3.05, 3.63) is 102 Å². The number of hydrogen-bond donors (Lipinski definition) is 0. The molecule has 124 valence electrons. The fourth-order valence-corrected chi connectivity index (χ4v) is 6.59. The molecule has 0 amide bonds. The van der Waals surface area contributed by atoms with Crippen molar-refractivity contribution in [1.29, 1.82) is 0 Å². The Kier molecular flexibility index (Phi) is 6.57. The van der Waals surface area contributed by atoms with Crippen LogP contribution in [0.15, 0.2) is 91.2 Å². The molecule has 0 aromatic heterocycles. The van der Waals surface area contributed by atoms with Crippen LogP contribution >= 0.6 is 0 Å². The lowest BCUT2D eigenvalue weighted by molar-refractivity contribution is 1.21. The second kappa shape index (κ2) is 8.65. The predicted octanol–water partition coefficient (Wildman–Crippen LogP) is 6.62. The topological polar surface area (TPSA) is 0 Å². The Morgan fingerprint density at radius 1 is 0.833 bits per heavy atom. The number of rotatable bonds is 8. The third-order valence-electron chi connectivity index (χ3n) is 4.49. The molecule has 0 unspecified atom stereocenters. The molecule has 0 bridgehead atoms. The van der Waals surface area contributed by atoms with Gasteiger partial charge in [0, 0.05) is 0 Å². The standard InChI is InChI=1S/C23H28Si/c1-5-13-22(21-17-11-8-12-18-21)23(14-6-2)24(3,4)19-20-15-9-7-10-16-20/h5-12,15-18H,1-2,13-14,19H2,3-4H3/b23-22-. The van der Waals surface area contributed by atoms with Gasteiger partial charge >= 0.3 is 0 Å². The average Bonchev–Trinajstić information content (AvgIpc) is 2.59. The highest BCUT2D eigenvalue weighted by molar-refractivity contribution is 6.84. The Morgan fingerprint density at radius 2 is 1.38 bits per heavy atom. The van der Waals surface area contributed by atoms with Gasteiger partial charge in [-0.05, 0) is 30.0 Å². The zero-order chi connectivity index (χ0) is 17.4. The number of benzene rings is 2. The Hall–Kier alpha value is -2.12. The average molecular weight is 333 g/mol. The van der Waals surface area contributed by atoms with Gasteiger partial charge in [-0.3, -0.25) is 0 Å². The lowest BCUT2D eigenvalue weighted by Gasteiger charge is -2.29. The number of hydrogen-bond acceptors (Lipinski definition) is 0. The molecule has 0 radical (unpaired) electrons. The molecular weight excluding hydrogens is 304 g/mol. The van der Waals surface area contributed by atoms with Gasteiger partial charge in [0.05, 0.1) is 8.07 Å². The molecule has 0 aliphatic rings. The van der Waals surface area contributed by atoms with Crippen molar-refractivity contribution in [1.82, 2.24) is 0 Å². The van der Waals surface area contributed by atoms with E-state index < -0.39 is 8.07 Å². The lowest BCUT2D eigenvalue weighted by atomic mass is 10.0. The van der Waals surface area contributed by atoms with E-state index in [1.165, 1.54) is 16.7 Å². The molecule has 2 rings (SSSR count). The Bertz CT molecular complexity index is 693. The van der Waals surface area contributed by atoms with Crippen LogP contribution in [0.4, 0.5) is 0 Å². The quantitative estimate of drug-likeness (QED) is 0.376. The van der Waals surface area contributed by atoms with Crippen molar-refractivity contribution in [2.75, 3.05) is 0 Å². The van der Waals surface area contributed by atoms with Crippen molar-refractivity contribution >= 4 is 13.6 Å². The van der Waals surface area contributed by atoms with E-state index in [-0.39, 0.29) is 0 Å². The molecule has 1 heteroatoms. The minimum absolute atomic E-state index is 0.915. The molecule has 0 N–H and O–H groups in total. The summed E-state index contributed by atoms with van der Waals surface area (Å²) in [7, 11) is -1.62. The third kappa shape index (κ3) is 4.69. The fraction of sp³-hybridized carbons (Fsp3) is 0.217. The molecule has 0 aliphatic heterocycles. The molecule has 24 heavy (non-hydrogen) atoms. The molecule has 2 aromatic carbocycles. The van der Waals surface area contributed by atoms with Crippen LogP contribution in [0.5, 0.6) is 0 Å². The van der Waals surface area contributed by atoms with Gasteiger partial charge in [0.2, 0.25) is 0 Å². The largest absolute Gasteiger partial charge is 0.103 e. The molecule has 0 atom stereocenters. The first-order valence-corrected chi connectivity index (χ1v) is 11.8. The molecular formula is C23H28Si. The molecule has 0 heterocycles. The van der Waals surface area contributed by atoms with E-state index in [0.29, 0.717) is 0 Å². The normalized spacial score (nSPS) is 12.4. The molecule has 0 saturated heterocycles. The van der Waals surface area contributed by atoms with E-state index in [2.05, 4.69) is 93.0 Å². The highest BCUT2D eigenvalue weighted by Crippen LogP contribution is 2.33. The van der Waals surface area contributed by atoms with Crippen molar-refractivity contribution < 1.29 is 0 Å². The Balaban J connectivity index is 2.50. The summed E-state index contributed by atoms with van der Waals surface area (Å²) in [5, 5.41) is 1.59. The summed E-state index contributed by atoms with van der Waals surface area (Å²) < 4.78 is 0. The SMILES string of the molecule is C=CC/C(=C(\CC=C)[Si](C)(C)Cc1ccccc1)c1ccccc1. The van der Waals surface area contributed by atoms with Gasteiger partial charge in [0.15, 0.2) is 0 Å². The van der Waals surface area contributed by atoms with Crippen molar-refractivity contribution in [2.45, 2.75) is 32.0 Å². The van der Waals surface area contributed by atoms with Gasteiger partial charge in [-0.15, -0.1) is 13.2 Å². The van der Waals surface area contributed by atoms with Crippen LogP contribution in [0.3, 0.4) is 0 Å². The van der Waals surface area contributed by atoms with E-state index in [9.17, 15) is 0 Å². The van der Waals surface area contributed by atoms with Crippen LogP contribution < -0.4 is 0 Å². The van der Waals surface area contributed by atoms with Crippen LogP contribution in [0.1, 0.15) is 24.0 Å². The van der Waals surface area contributed by atoms with Crippen molar-refractivity contribution in [3.8, 4) is 0 Å². The summed E-state index contributed by atoms with van der Waals surface area (Å²) in [6, 6.07) is 22.8. The monoisotopic (exact) mass is 332 g/mol.